The molecule has 336 valence electrons. The van der Waals surface area contributed by atoms with E-state index >= 15 is 0 Å². The molecule has 17 nitrogen and oxygen atoms in total. The van der Waals surface area contributed by atoms with Crippen LogP contribution in [0, 0.1) is 17.6 Å². The molecule has 0 fully saturated rings. The molecule has 0 bridgehead atoms. The zero-order valence-corrected chi connectivity index (χ0v) is 35.3. The lowest BCUT2D eigenvalue weighted by Gasteiger charge is -2.30. The van der Waals surface area contributed by atoms with Crippen LogP contribution in [0.25, 0.3) is 10.9 Å². The number of hydrogen-bond donors (Lipinski definition) is 4. The molecule has 2 aliphatic heterocycles. The highest BCUT2D eigenvalue weighted by molar-refractivity contribution is 6.09. The normalized spacial score (nSPS) is 16.7. The molecule has 0 aliphatic carbocycles. The van der Waals surface area contributed by atoms with Crippen molar-refractivity contribution in [2.45, 2.75) is 76.2 Å². The van der Waals surface area contributed by atoms with Crippen LogP contribution in [0.4, 0.5) is 14.5 Å². The summed E-state index contributed by atoms with van der Waals surface area (Å²) in [5, 5.41) is 11.1. The van der Waals surface area contributed by atoms with Crippen LogP contribution in [0.15, 0.2) is 72.8 Å². The highest BCUT2D eigenvalue weighted by atomic mass is 19.1. The molecule has 0 saturated carbocycles. The largest absolute Gasteiger partial charge is 0.480 e. The molecule has 0 saturated heterocycles. The molecule has 5 atom stereocenters. The molecule has 2 unspecified atom stereocenters. The number of esters is 2. The molecule has 6 rings (SSSR count). The van der Waals surface area contributed by atoms with Gasteiger partial charge in [0, 0.05) is 11.8 Å². The quantitative estimate of drug-likeness (QED) is 0.112. The maximum absolute atomic E-state index is 14.5. The number of carbonyl (C=O) groups excluding carboxylic acids is 8. The highest BCUT2D eigenvalue weighted by Gasteiger charge is 2.45. The van der Waals surface area contributed by atoms with E-state index in [0.717, 1.165) is 37.8 Å². The number of aryl methyl sites for hydroxylation is 1. The Hall–Kier alpha value is -7.31. The third-order valence-corrected chi connectivity index (χ3v) is 10.9. The molecule has 3 aromatic carbocycles. The number of benzene rings is 3. The van der Waals surface area contributed by atoms with Crippen molar-refractivity contribution in [2.75, 3.05) is 25.7 Å². The van der Waals surface area contributed by atoms with Gasteiger partial charge in [-0.1, -0.05) is 62.4 Å². The number of ketones is 1. The molecule has 64 heavy (non-hydrogen) atoms. The molecule has 0 radical (unpaired) electrons. The number of carbonyl (C=O) groups is 8. The number of hydrogen-bond acceptors (Lipinski definition) is 12. The van der Waals surface area contributed by atoms with Crippen LogP contribution in [0.1, 0.15) is 54.7 Å². The predicted octanol–water partition coefficient (Wildman–Crippen LogP) is 2.40. The summed E-state index contributed by atoms with van der Waals surface area (Å²) in [5.41, 5.74) is 2.28. The summed E-state index contributed by atoms with van der Waals surface area (Å²) in [6.07, 6.45) is -1.09. The van der Waals surface area contributed by atoms with Gasteiger partial charge in [0.2, 0.25) is 23.6 Å². The maximum atomic E-state index is 14.5. The summed E-state index contributed by atoms with van der Waals surface area (Å²) in [6.45, 7) is 2.39. The average Bonchev–Trinajstić information content (AvgIpc) is 3.62. The van der Waals surface area contributed by atoms with E-state index in [-0.39, 0.29) is 25.0 Å². The van der Waals surface area contributed by atoms with Crippen molar-refractivity contribution in [3.05, 3.63) is 101 Å². The second kappa shape index (κ2) is 20.3. The lowest BCUT2D eigenvalue weighted by molar-refractivity contribution is -0.144. The number of anilines is 1. The zero-order chi connectivity index (χ0) is 46.2. The summed E-state index contributed by atoms with van der Waals surface area (Å²) < 4.78 is 43.1. The summed E-state index contributed by atoms with van der Waals surface area (Å²) in [5.74, 6) is -10.2. The first kappa shape index (κ1) is 46.2. The number of pyridine rings is 1. The van der Waals surface area contributed by atoms with E-state index in [2.05, 4.69) is 26.3 Å². The van der Waals surface area contributed by atoms with Gasteiger partial charge < -0.3 is 35.5 Å². The number of rotatable bonds is 17. The first-order valence-electron chi connectivity index (χ1n) is 20.3. The van der Waals surface area contributed by atoms with Crippen LogP contribution in [-0.4, -0.2) is 103 Å². The van der Waals surface area contributed by atoms with Crippen molar-refractivity contribution >= 4 is 63.8 Å². The van der Waals surface area contributed by atoms with E-state index in [1.807, 2.05) is 12.1 Å². The van der Waals surface area contributed by atoms with E-state index in [1.54, 1.807) is 50.2 Å². The van der Waals surface area contributed by atoms with Gasteiger partial charge in [0.15, 0.2) is 23.2 Å². The second-order valence-corrected chi connectivity index (χ2v) is 15.5. The topological polar surface area (TPSA) is 228 Å². The molecule has 3 heterocycles. The minimum Gasteiger partial charge on any atom is -0.480 e. The lowest BCUT2D eigenvalue weighted by atomic mass is 10.0. The van der Waals surface area contributed by atoms with Crippen molar-refractivity contribution < 1.29 is 61.3 Å². The highest BCUT2D eigenvalue weighted by Crippen LogP contribution is 2.39. The van der Waals surface area contributed by atoms with Gasteiger partial charge in [-0.05, 0) is 54.2 Å². The molecule has 4 N–H and O–H groups in total. The van der Waals surface area contributed by atoms with Crippen LogP contribution in [0.3, 0.4) is 0 Å². The smallest absolute Gasteiger partial charge is 0.308 e. The molecule has 1 aromatic heterocycles. The SMILES string of the molecule is COC(=O)CC(NC(=O)[C@@H]1Cc2cccc3c2N1C(=O)C(NC(=O)[C@H](CC(=O)OC)NC(=O)[C@@H](NC(=O)c1ccc2ccccc2n1)C(C)C)CC3)C(=O)COc1c(F)cccc1F. The van der Waals surface area contributed by atoms with Crippen LogP contribution in [-0.2, 0) is 55.9 Å². The Bertz CT molecular complexity index is 2480. The van der Waals surface area contributed by atoms with Gasteiger partial charge in [-0.15, -0.1) is 0 Å². The van der Waals surface area contributed by atoms with Crippen LogP contribution in [0.2, 0.25) is 0 Å². The molecule has 19 heteroatoms. The number of halogens is 2. The van der Waals surface area contributed by atoms with Crippen molar-refractivity contribution in [2.24, 2.45) is 5.92 Å². The molecule has 2 aliphatic rings. The fourth-order valence-electron chi connectivity index (χ4n) is 7.54. The van der Waals surface area contributed by atoms with Gasteiger partial charge in [-0.25, -0.2) is 13.8 Å². The van der Waals surface area contributed by atoms with Gasteiger partial charge in [-0.2, -0.15) is 0 Å². The van der Waals surface area contributed by atoms with Gasteiger partial charge in [-0.3, -0.25) is 43.3 Å². The number of Topliss-reactive ketones (excluding diaryl/α,β-unsaturated/α-hetero) is 1. The number of nitrogens with one attached hydrogen (secondary N) is 4. The van der Waals surface area contributed by atoms with Gasteiger partial charge in [0.1, 0.15) is 42.5 Å². The number of aromatic nitrogens is 1. The van der Waals surface area contributed by atoms with Gasteiger partial charge in [0.25, 0.3) is 5.91 Å². The van der Waals surface area contributed by atoms with Gasteiger partial charge in [0.05, 0.1) is 38.3 Å². The minimum absolute atomic E-state index is 0.0294. The summed E-state index contributed by atoms with van der Waals surface area (Å²) in [6, 6.07) is 11.5. The van der Waals surface area contributed by atoms with Crippen LogP contribution in [0.5, 0.6) is 5.75 Å². The Balaban J connectivity index is 1.19. The molecular formula is C45H46F2N6O11. The van der Waals surface area contributed by atoms with Crippen molar-refractivity contribution in [3.63, 3.8) is 0 Å². The molecule has 0 spiro atoms. The number of methoxy groups -OCH3 is 2. The number of fused-ring (bicyclic) bond motifs is 1. The average molecular weight is 885 g/mol. The van der Waals surface area contributed by atoms with Crippen molar-refractivity contribution in [3.8, 4) is 5.75 Å². The molecule has 5 amide bonds. The van der Waals surface area contributed by atoms with E-state index < -0.39 is 120 Å². The fourth-order valence-corrected chi connectivity index (χ4v) is 7.54. The van der Waals surface area contributed by atoms with E-state index in [9.17, 15) is 47.1 Å². The number of para-hydroxylation sites is 3. The maximum Gasteiger partial charge on any atom is 0.308 e. The monoisotopic (exact) mass is 884 g/mol. The van der Waals surface area contributed by atoms with Gasteiger partial charge >= 0.3 is 11.9 Å². The van der Waals surface area contributed by atoms with Crippen LogP contribution >= 0.6 is 0 Å². The Morgan fingerprint density at radius 1 is 0.781 bits per heavy atom. The summed E-state index contributed by atoms with van der Waals surface area (Å²) >= 11 is 0. The Labute approximate surface area is 365 Å². The van der Waals surface area contributed by atoms with Crippen LogP contribution < -0.4 is 30.9 Å². The molecular weight excluding hydrogens is 839 g/mol. The Morgan fingerprint density at radius 2 is 1.44 bits per heavy atom. The molecule has 4 aromatic rings. The standard InChI is InChI=1S/C45H46F2N6O11/c1-23(2)38(52-41(57)30-17-15-24-9-5-6-14-29(24)48-30)44(60)51-33(21-37(56)63-4)42(58)49-31-18-16-25-10-7-11-26-19-34(53(39(25)26)45(31)61)43(59)50-32(20-36(55)62-3)35(54)22-64-40-27(46)12-8-13-28(40)47/h5-15,17,23,31-34,38H,16,18-22H2,1-4H3,(H,49,58)(H,50,59)(H,51,60)(H,52,57)/t31?,32?,33-,34-,38-/m0/s1. The second-order valence-electron chi connectivity index (χ2n) is 15.5. The van der Waals surface area contributed by atoms with Crippen molar-refractivity contribution in [1.82, 2.24) is 26.3 Å². The van der Waals surface area contributed by atoms with E-state index in [1.165, 1.54) is 11.0 Å². The predicted molar refractivity (Wildman–Crippen MR) is 223 cm³/mol. The van der Waals surface area contributed by atoms with Crippen molar-refractivity contribution in [1.29, 1.82) is 0 Å². The fraction of sp³-hybridized carbons (Fsp3) is 0.356. The first-order chi connectivity index (χ1) is 30.6. The summed E-state index contributed by atoms with van der Waals surface area (Å²) in [4.78, 5) is 114. The van der Waals surface area contributed by atoms with E-state index in [0.29, 0.717) is 22.3 Å². The summed E-state index contributed by atoms with van der Waals surface area (Å²) in [7, 11) is 2.15. The number of nitrogens with zero attached hydrogens (tertiary/aromatic N) is 2. The minimum atomic E-state index is -1.61. The number of amides is 5. The zero-order valence-electron chi connectivity index (χ0n) is 35.3. The Kier molecular flexibility index (Phi) is 14.6. The third kappa shape index (κ3) is 10.5. The first-order valence-corrected chi connectivity index (χ1v) is 20.3. The number of ether oxygens (including phenoxy) is 3. The lowest BCUT2D eigenvalue weighted by Crippen LogP contribution is -2.60. The van der Waals surface area contributed by atoms with E-state index in [4.69, 9.17) is 14.2 Å². The Morgan fingerprint density at radius 3 is 2.12 bits per heavy atom. The third-order valence-electron chi connectivity index (χ3n) is 10.9.